The van der Waals surface area contributed by atoms with Gasteiger partial charge in [-0.05, 0) is 18.1 Å². The van der Waals surface area contributed by atoms with Gasteiger partial charge in [-0.3, -0.25) is 4.79 Å². The molecular weight excluding hydrogens is 396 g/mol. The van der Waals surface area contributed by atoms with E-state index in [1.165, 1.54) is 4.42 Å². The van der Waals surface area contributed by atoms with Crippen LogP contribution in [0.5, 0.6) is 5.75 Å². The van der Waals surface area contributed by atoms with Crippen LogP contribution in [0.25, 0.3) is 22.2 Å². The van der Waals surface area contributed by atoms with Crippen LogP contribution in [0, 0.1) is 0 Å². The van der Waals surface area contributed by atoms with Crippen molar-refractivity contribution in [3.8, 4) is 17.0 Å². The minimum absolute atomic E-state index is 0.156. The Morgan fingerprint density at radius 1 is 0.967 bits per heavy atom. The van der Waals surface area contributed by atoms with E-state index in [2.05, 4.69) is 4.98 Å². The van der Waals surface area contributed by atoms with E-state index in [0.717, 1.165) is 11.1 Å². The van der Waals surface area contributed by atoms with Crippen molar-refractivity contribution in [2.24, 2.45) is 0 Å². The zero-order valence-corrected chi connectivity index (χ0v) is 17.3. The van der Waals surface area contributed by atoms with Gasteiger partial charge in [-0.15, -0.1) is 0 Å². The van der Waals surface area contributed by atoms with Crippen LogP contribution in [0.15, 0.2) is 84.9 Å². The van der Waals surface area contributed by atoms with Crippen molar-refractivity contribution >= 4 is 28.6 Å². The molecule has 3 aromatic carbocycles. The summed E-state index contributed by atoms with van der Waals surface area (Å²) in [5.41, 5.74) is 2.80. The van der Waals surface area contributed by atoms with Gasteiger partial charge in [0.2, 0.25) is 0 Å². The molecule has 4 aromatic rings. The van der Waals surface area contributed by atoms with Gasteiger partial charge in [0.25, 0.3) is 5.91 Å². The molecule has 1 aromatic heterocycles. The maximum atomic E-state index is 13.5. The Hall–Kier alpha value is -3.37. The molecule has 0 radical (unpaired) electrons. The second-order valence-electron chi connectivity index (χ2n) is 7.02. The number of rotatable bonds is 5. The molecule has 5 heteroatoms. The molecule has 0 bridgehead atoms. The average molecular weight is 417 g/mol. The van der Waals surface area contributed by atoms with Gasteiger partial charge in [-0.1, -0.05) is 85.8 Å². The van der Waals surface area contributed by atoms with Crippen LogP contribution < -0.4 is 0 Å². The van der Waals surface area contributed by atoms with Gasteiger partial charge in [0, 0.05) is 22.7 Å². The molecule has 0 saturated carbocycles. The molecule has 150 valence electrons. The number of aromatic nitrogens is 1. The Bertz CT molecular complexity index is 1180. The summed E-state index contributed by atoms with van der Waals surface area (Å²) in [5.74, 6) is -0.626. The number of benzene rings is 3. The lowest BCUT2D eigenvalue weighted by molar-refractivity contribution is 0.0819. The zero-order chi connectivity index (χ0) is 21.1. The van der Waals surface area contributed by atoms with E-state index in [1.807, 2.05) is 85.8 Å². The Balaban J connectivity index is 1.87. The van der Waals surface area contributed by atoms with Crippen molar-refractivity contribution in [2.75, 3.05) is 0 Å². The summed E-state index contributed by atoms with van der Waals surface area (Å²) in [5, 5.41) is 11.7. The second-order valence-corrected chi connectivity index (χ2v) is 7.38. The van der Waals surface area contributed by atoms with Gasteiger partial charge in [-0.25, -0.2) is 9.40 Å². The lowest BCUT2D eigenvalue weighted by atomic mass is 10.00. The number of carbonyl (C=O) groups is 1. The third kappa shape index (κ3) is 3.62. The Kier molecular flexibility index (Phi) is 5.68. The van der Waals surface area contributed by atoms with E-state index in [9.17, 15) is 9.90 Å². The van der Waals surface area contributed by atoms with Crippen molar-refractivity contribution < 1.29 is 9.90 Å². The number of hydrogen-bond acceptors (Lipinski definition) is 3. The fraction of sp³-hybridized carbons (Fsp3) is 0.120. The summed E-state index contributed by atoms with van der Waals surface area (Å²) in [6.45, 7) is 1.97. The van der Waals surface area contributed by atoms with E-state index in [-0.39, 0.29) is 17.4 Å². The molecule has 1 atom stereocenters. The lowest BCUT2D eigenvalue weighted by Crippen LogP contribution is -2.27. The Morgan fingerprint density at radius 3 is 2.23 bits per heavy atom. The molecule has 1 N–H and O–H groups in total. The van der Waals surface area contributed by atoms with Crippen molar-refractivity contribution in [2.45, 2.75) is 19.4 Å². The van der Waals surface area contributed by atoms with Crippen LogP contribution in [0.1, 0.15) is 35.3 Å². The number of halogens is 1. The number of amides is 1. The zero-order valence-electron chi connectivity index (χ0n) is 16.5. The van der Waals surface area contributed by atoms with E-state index in [1.54, 1.807) is 6.07 Å². The van der Waals surface area contributed by atoms with Crippen LogP contribution in [0.2, 0.25) is 0 Å². The molecular formula is C25H21ClN2O2. The van der Waals surface area contributed by atoms with Crippen molar-refractivity contribution in [1.82, 2.24) is 9.40 Å². The summed E-state index contributed by atoms with van der Waals surface area (Å²) in [7, 11) is 0. The highest BCUT2D eigenvalue weighted by atomic mass is 35.5. The summed E-state index contributed by atoms with van der Waals surface area (Å²) in [6.07, 6.45) is 0.634. The minimum atomic E-state index is -0.458. The topological polar surface area (TPSA) is 53.4 Å². The van der Waals surface area contributed by atoms with Crippen LogP contribution in [0.3, 0.4) is 0 Å². The second kappa shape index (κ2) is 8.56. The first-order valence-electron chi connectivity index (χ1n) is 9.83. The van der Waals surface area contributed by atoms with Crippen LogP contribution >= 0.6 is 11.8 Å². The van der Waals surface area contributed by atoms with Gasteiger partial charge in [0.05, 0.1) is 17.1 Å². The molecule has 1 heterocycles. The van der Waals surface area contributed by atoms with Crippen LogP contribution in [-0.4, -0.2) is 20.4 Å². The van der Waals surface area contributed by atoms with E-state index in [4.69, 9.17) is 11.8 Å². The monoisotopic (exact) mass is 416 g/mol. The van der Waals surface area contributed by atoms with Gasteiger partial charge in [0.15, 0.2) is 5.75 Å². The van der Waals surface area contributed by atoms with Crippen molar-refractivity contribution in [3.05, 3.63) is 96.1 Å². The third-order valence-corrected chi connectivity index (χ3v) is 5.56. The molecule has 4 nitrogen and oxygen atoms in total. The number of nitrogens with zero attached hydrogens (tertiary/aromatic N) is 2. The number of carbonyl (C=O) groups excluding carboxylic acids is 1. The average Bonchev–Trinajstić information content (AvgIpc) is 2.80. The highest BCUT2D eigenvalue weighted by Crippen LogP contribution is 2.38. The van der Waals surface area contributed by atoms with Gasteiger partial charge in [0.1, 0.15) is 5.69 Å². The van der Waals surface area contributed by atoms with E-state index in [0.29, 0.717) is 23.0 Å². The maximum Gasteiger partial charge on any atom is 0.273 e. The third-order valence-electron chi connectivity index (χ3n) is 5.17. The molecule has 0 aliphatic rings. The summed E-state index contributed by atoms with van der Waals surface area (Å²) >= 11 is 6.59. The molecule has 4 rings (SSSR count). The summed E-state index contributed by atoms with van der Waals surface area (Å²) in [6, 6.07) is 25.9. The number of aromatic hydroxyl groups is 1. The SMILES string of the molecule is CC[C@@H](c1ccccc1)N(Cl)C(=O)c1c(O)c(-c2ccccc2)nc2ccccc12. The predicted octanol–water partition coefficient (Wildman–Crippen LogP) is 6.35. The normalized spacial score (nSPS) is 11.9. The van der Waals surface area contributed by atoms with E-state index < -0.39 is 5.91 Å². The summed E-state index contributed by atoms with van der Waals surface area (Å²) in [4.78, 5) is 18.1. The predicted molar refractivity (Wildman–Crippen MR) is 120 cm³/mol. The van der Waals surface area contributed by atoms with Gasteiger partial charge >= 0.3 is 0 Å². The number of fused-ring (bicyclic) bond motifs is 1. The molecule has 0 aliphatic carbocycles. The van der Waals surface area contributed by atoms with Crippen molar-refractivity contribution in [3.63, 3.8) is 0 Å². The molecule has 0 unspecified atom stereocenters. The molecule has 0 aliphatic heterocycles. The molecule has 0 spiro atoms. The maximum absolute atomic E-state index is 13.5. The highest BCUT2D eigenvalue weighted by molar-refractivity contribution is 6.27. The largest absolute Gasteiger partial charge is 0.505 e. The first-order chi connectivity index (χ1) is 14.6. The van der Waals surface area contributed by atoms with Gasteiger partial charge in [-0.2, -0.15) is 0 Å². The molecule has 1 amide bonds. The minimum Gasteiger partial charge on any atom is -0.505 e. The first kappa shape index (κ1) is 19.9. The Labute approximate surface area is 180 Å². The first-order valence-corrected chi connectivity index (χ1v) is 10.2. The fourth-order valence-corrected chi connectivity index (χ4v) is 4.00. The van der Waals surface area contributed by atoms with Crippen LogP contribution in [0.4, 0.5) is 0 Å². The van der Waals surface area contributed by atoms with Crippen LogP contribution in [-0.2, 0) is 0 Å². The number of para-hydroxylation sites is 1. The molecule has 0 saturated heterocycles. The smallest absolute Gasteiger partial charge is 0.273 e. The quantitative estimate of drug-likeness (QED) is 0.385. The highest BCUT2D eigenvalue weighted by Gasteiger charge is 2.29. The lowest BCUT2D eigenvalue weighted by Gasteiger charge is -2.26. The summed E-state index contributed by atoms with van der Waals surface area (Å²) < 4.78 is 1.19. The number of hydrogen-bond donors (Lipinski definition) is 1. The molecule has 30 heavy (non-hydrogen) atoms. The standard InChI is InChI=1S/C25H21ClN2O2/c1-2-21(17-11-5-3-6-12-17)28(26)25(30)22-19-15-9-10-16-20(19)27-23(24(22)29)18-13-7-4-8-14-18/h3-16,21,29H,2H2,1H3/t21-/m0/s1. The van der Waals surface area contributed by atoms with Gasteiger partial charge < -0.3 is 5.11 Å². The molecule has 0 fully saturated rings. The van der Waals surface area contributed by atoms with Crippen molar-refractivity contribution in [1.29, 1.82) is 0 Å². The fourth-order valence-electron chi connectivity index (χ4n) is 3.67. The number of pyridine rings is 1. The van der Waals surface area contributed by atoms with E-state index >= 15 is 0 Å². The Morgan fingerprint density at radius 2 is 1.57 bits per heavy atom.